The van der Waals surface area contributed by atoms with Crippen molar-refractivity contribution < 1.29 is 4.74 Å². The Bertz CT molecular complexity index is 974. The van der Waals surface area contributed by atoms with Crippen molar-refractivity contribution in [1.29, 1.82) is 0 Å². The summed E-state index contributed by atoms with van der Waals surface area (Å²) in [6.45, 7) is 2.22. The van der Waals surface area contributed by atoms with Gasteiger partial charge in [-0.05, 0) is 47.6 Å². The summed E-state index contributed by atoms with van der Waals surface area (Å²) in [6.07, 6.45) is 7.74. The lowest BCUT2D eigenvalue weighted by molar-refractivity contribution is 0.0966. The topological polar surface area (TPSA) is 9.23 Å². The largest absolute Gasteiger partial charge is 0.498 e. The van der Waals surface area contributed by atoms with E-state index in [0.29, 0.717) is 11.8 Å². The van der Waals surface area contributed by atoms with Crippen molar-refractivity contribution in [1.82, 2.24) is 0 Å². The first-order valence-corrected chi connectivity index (χ1v) is 10.8. The van der Waals surface area contributed by atoms with E-state index in [2.05, 4.69) is 97.9 Å². The highest BCUT2D eigenvalue weighted by Crippen LogP contribution is 2.70. The van der Waals surface area contributed by atoms with Gasteiger partial charge in [0, 0.05) is 17.3 Å². The number of rotatable bonds is 6. The Labute approximate surface area is 174 Å². The van der Waals surface area contributed by atoms with E-state index in [1.54, 1.807) is 0 Å². The molecule has 1 saturated carbocycles. The van der Waals surface area contributed by atoms with E-state index >= 15 is 0 Å². The molecule has 4 atom stereocenters. The molecule has 0 saturated heterocycles. The van der Waals surface area contributed by atoms with Gasteiger partial charge >= 0.3 is 0 Å². The SMILES string of the molecule is CCc1ccc([C@@]23C=CO[C@H](CCc4ccccc4)[C@@H]2[C@H]3c2ccccc2)cc1. The normalized spacial score (nSPS) is 27.1. The fraction of sp³-hybridized carbons (Fsp3) is 0.286. The first kappa shape index (κ1) is 18.2. The molecule has 146 valence electrons. The quantitative estimate of drug-likeness (QED) is 0.478. The average molecular weight is 381 g/mol. The van der Waals surface area contributed by atoms with Gasteiger partial charge in [0.2, 0.25) is 0 Å². The molecule has 0 unspecified atom stereocenters. The Kier molecular flexibility index (Phi) is 4.75. The van der Waals surface area contributed by atoms with Crippen molar-refractivity contribution in [3.05, 3.63) is 120 Å². The molecule has 0 bridgehead atoms. The van der Waals surface area contributed by atoms with Crippen LogP contribution >= 0.6 is 0 Å². The zero-order valence-corrected chi connectivity index (χ0v) is 17.0. The maximum absolute atomic E-state index is 6.22. The van der Waals surface area contributed by atoms with Gasteiger partial charge in [-0.2, -0.15) is 0 Å². The van der Waals surface area contributed by atoms with Crippen LogP contribution in [0.2, 0.25) is 0 Å². The number of ether oxygens (including phenoxy) is 1. The van der Waals surface area contributed by atoms with Crippen LogP contribution in [0.1, 0.15) is 41.5 Å². The van der Waals surface area contributed by atoms with E-state index in [0.717, 1.165) is 19.3 Å². The van der Waals surface area contributed by atoms with Gasteiger partial charge in [0.15, 0.2) is 0 Å². The summed E-state index contributed by atoms with van der Waals surface area (Å²) in [5.74, 6) is 0.974. The van der Waals surface area contributed by atoms with Gasteiger partial charge in [-0.3, -0.25) is 0 Å². The molecule has 2 aliphatic rings. The molecule has 3 aromatic rings. The molecule has 3 aromatic carbocycles. The molecule has 0 N–H and O–H groups in total. The molecular formula is C28H28O. The van der Waals surface area contributed by atoms with Crippen LogP contribution in [0.15, 0.2) is 97.3 Å². The molecular weight excluding hydrogens is 352 g/mol. The molecule has 1 fully saturated rings. The highest BCUT2D eigenvalue weighted by Gasteiger charge is 2.68. The molecule has 1 heterocycles. The Morgan fingerprint density at radius 3 is 2.17 bits per heavy atom. The number of allylic oxidation sites excluding steroid dienone is 1. The first-order valence-electron chi connectivity index (χ1n) is 10.8. The van der Waals surface area contributed by atoms with Crippen molar-refractivity contribution >= 4 is 0 Å². The third-order valence-corrected chi connectivity index (χ3v) is 6.90. The van der Waals surface area contributed by atoms with E-state index in [9.17, 15) is 0 Å². The van der Waals surface area contributed by atoms with Crippen LogP contribution in [-0.2, 0) is 23.0 Å². The second-order valence-corrected chi connectivity index (χ2v) is 8.40. The molecule has 1 aliphatic heterocycles. The van der Waals surface area contributed by atoms with Gasteiger partial charge in [-0.15, -0.1) is 0 Å². The fourth-order valence-electron chi connectivity index (χ4n) is 5.35. The van der Waals surface area contributed by atoms with Crippen LogP contribution in [0.4, 0.5) is 0 Å². The van der Waals surface area contributed by atoms with Crippen molar-refractivity contribution in [3.8, 4) is 0 Å². The second kappa shape index (κ2) is 7.55. The van der Waals surface area contributed by atoms with Crippen LogP contribution in [0.5, 0.6) is 0 Å². The molecule has 0 aromatic heterocycles. The van der Waals surface area contributed by atoms with Crippen molar-refractivity contribution in [2.45, 2.75) is 43.6 Å². The second-order valence-electron chi connectivity index (χ2n) is 8.40. The predicted octanol–water partition coefficient (Wildman–Crippen LogP) is 6.45. The molecule has 0 spiro atoms. The van der Waals surface area contributed by atoms with E-state index in [-0.39, 0.29) is 11.5 Å². The molecule has 1 aliphatic carbocycles. The maximum atomic E-state index is 6.22. The van der Waals surface area contributed by atoms with Gasteiger partial charge < -0.3 is 4.74 Å². The number of hydrogen-bond acceptors (Lipinski definition) is 1. The lowest BCUT2D eigenvalue weighted by Gasteiger charge is -2.25. The van der Waals surface area contributed by atoms with Crippen LogP contribution in [0, 0.1) is 5.92 Å². The minimum absolute atomic E-state index is 0.0627. The summed E-state index contributed by atoms with van der Waals surface area (Å²) in [5.41, 5.74) is 5.71. The Hall–Kier alpha value is -2.80. The number of fused-ring (bicyclic) bond motifs is 1. The minimum atomic E-state index is 0.0627. The molecule has 1 heteroatoms. The van der Waals surface area contributed by atoms with Crippen LogP contribution < -0.4 is 0 Å². The lowest BCUT2D eigenvalue weighted by Crippen LogP contribution is -2.24. The lowest BCUT2D eigenvalue weighted by atomic mass is 9.87. The third kappa shape index (κ3) is 3.19. The molecule has 29 heavy (non-hydrogen) atoms. The third-order valence-electron chi connectivity index (χ3n) is 6.90. The van der Waals surface area contributed by atoms with Gasteiger partial charge in [0.25, 0.3) is 0 Å². The summed E-state index contributed by atoms with van der Waals surface area (Å²) >= 11 is 0. The summed E-state index contributed by atoms with van der Waals surface area (Å²) in [6, 6.07) is 31.1. The Morgan fingerprint density at radius 2 is 1.48 bits per heavy atom. The molecule has 5 rings (SSSR count). The number of hydrogen-bond donors (Lipinski definition) is 0. The molecule has 0 radical (unpaired) electrons. The number of benzene rings is 3. The van der Waals surface area contributed by atoms with E-state index in [4.69, 9.17) is 4.74 Å². The standard InChI is InChI=1S/C28H28O/c1-2-21-13-16-24(17-14-21)28-19-20-29-25(18-15-22-9-5-3-6-10-22)27(28)26(28)23-11-7-4-8-12-23/h3-14,16-17,19-20,25-27H,2,15,18H2,1H3/t25-,26-,27-,28-/m1/s1. The first-order chi connectivity index (χ1) is 14.3. The van der Waals surface area contributed by atoms with Crippen molar-refractivity contribution in [3.63, 3.8) is 0 Å². The van der Waals surface area contributed by atoms with E-state index in [1.807, 2.05) is 6.26 Å². The zero-order chi connectivity index (χ0) is 19.7. The summed E-state index contributed by atoms with van der Waals surface area (Å²) in [5, 5.41) is 0. The Morgan fingerprint density at radius 1 is 0.793 bits per heavy atom. The Balaban J connectivity index is 1.47. The van der Waals surface area contributed by atoms with Crippen LogP contribution in [-0.4, -0.2) is 6.10 Å². The van der Waals surface area contributed by atoms with E-state index in [1.165, 1.54) is 22.3 Å². The average Bonchev–Trinajstić information content (AvgIpc) is 3.50. The van der Waals surface area contributed by atoms with Crippen molar-refractivity contribution in [2.24, 2.45) is 5.92 Å². The highest BCUT2D eigenvalue weighted by molar-refractivity contribution is 5.52. The van der Waals surface area contributed by atoms with Crippen LogP contribution in [0.25, 0.3) is 0 Å². The zero-order valence-electron chi connectivity index (χ0n) is 17.0. The smallest absolute Gasteiger partial charge is 0.103 e. The maximum Gasteiger partial charge on any atom is 0.103 e. The molecule has 0 amide bonds. The summed E-state index contributed by atoms with van der Waals surface area (Å²) < 4.78 is 6.22. The van der Waals surface area contributed by atoms with Gasteiger partial charge in [0.1, 0.15) is 6.10 Å². The van der Waals surface area contributed by atoms with Crippen LogP contribution in [0.3, 0.4) is 0 Å². The van der Waals surface area contributed by atoms with Crippen molar-refractivity contribution in [2.75, 3.05) is 0 Å². The summed E-state index contributed by atoms with van der Waals surface area (Å²) in [7, 11) is 0. The predicted molar refractivity (Wildman–Crippen MR) is 119 cm³/mol. The van der Waals surface area contributed by atoms with Gasteiger partial charge in [0.05, 0.1) is 6.26 Å². The van der Waals surface area contributed by atoms with Gasteiger partial charge in [-0.25, -0.2) is 0 Å². The van der Waals surface area contributed by atoms with E-state index < -0.39 is 0 Å². The monoisotopic (exact) mass is 380 g/mol. The number of aryl methyl sites for hydroxylation is 2. The highest BCUT2D eigenvalue weighted by atomic mass is 16.5. The fourth-order valence-corrected chi connectivity index (χ4v) is 5.35. The summed E-state index contributed by atoms with van der Waals surface area (Å²) in [4.78, 5) is 0. The minimum Gasteiger partial charge on any atom is -0.498 e. The van der Waals surface area contributed by atoms with Gasteiger partial charge in [-0.1, -0.05) is 91.9 Å². The molecule has 1 nitrogen and oxygen atoms in total.